The lowest BCUT2D eigenvalue weighted by Crippen LogP contribution is -2.58. The molecule has 1 saturated heterocycles. The highest BCUT2D eigenvalue weighted by molar-refractivity contribution is 5.70. The van der Waals surface area contributed by atoms with E-state index in [4.69, 9.17) is 9.84 Å². The molecule has 1 saturated carbocycles. The van der Waals surface area contributed by atoms with Gasteiger partial charge in [-0.3, -0.25) is 10.1 Å². The van der Waals surface area contributed by atoms with Crippen LogP contribution in [-0.2, 0) is 11.2 Å². The Morgan fingerprint density at radius 2 is 2.21 bits per heavy atom. The van der Waals surface area contributed by atoms with Crippen LogP contribution in [0.1, 0.15) is 56.8 Å². The summed E-state index contributed by atoms with van der Waals surface area (Å²) in [5, 5.41) is 19.5. The zero-order valence-electron chi connectivity index (χ0n) is 16.9. The Morgan fingerprint density at radius 1 is 1.34 bits per heavy atom. The Kier molecular flexibility index (Phi) is 5.40. The molecule has 0 bridgehead atoms. The maximum atomic E-state index is 12.4. The van der Waals surface area contributed by atoms with Gasteiger partial charge in [0.2, 0.25) is 0 Å². The van der Waals surface area contributed by atoms with Crippen molar-refractivity contribution in [1.29, 1.82) is 0 Å². The molecule has 2 aromatic heterocycles. The van der Waals surface area contributed by atoms with Gasteiger partial charge in [-0.25, -0.2) is 9.78 Å². The Balaban J connectivity index is 1.30. The molecule has 0 radical (unpaired) electrons. The second-order valence-electron chi connectivity index (χ2n) is 8.43. The molecular formula is C20H28N6O3. The summed E-state index contributed by atoms with van der Waals surface area (Å²) in [7, 11) is 0. The predicted molar refractivity (Wildman–Crippen MR) is 107 cm³/mol. The van der Waals surface area contributed by atoms with E-state index in [1.165, 1.54) is 0 Å². The number of carbonyl (C=O) groups is 1. The third-order valence-electron chi connectivity index (χ3n) is 5.92. The number of hydrogen-bond donors (Lipinski definition) is 3. The minimum Gasteiger partial charge on any atom is -0.446 e. The standard InChI is InChI=1S/C20H28N6O3/c1-20(2)6-7-26(20)19(28)29-15-4-3-13(9-15)16-10-17(25-24-16)23-18-12-21-14(5-8-27)11-22-18/h10-13,15,27H,3-9H2,1-2H3,(H2,22,23,24,25)/t13-,15+/m0/s1. The molecule has 2 aromatic rings. The van der Waals surface area contributed by atoms with Crippen molar-refractivity contribution in [1.82, 2.24) is 25.1 Å². The average molecular weight is 400 g/mol. The van der Waals surface area contributed by atoms with Crippen molar-refractivity contribution < 1.29 is 14.6 Å². The Hall–Kier alpha value is -2.68. The summed E-state index contributed by atoms with van der Waals surface area (Å²) in [4.78, 5) is 22.7. The minimum absolute atomic E-state index is 0.0476. The first-order valence-electron chi connectivity index (χ1n) is 10.2. The molecule has 3 heterocycles. The maximum Gasteiger partial charge on any atom is 0.410 e. The van der Waals surface area contributed by atoms with Gasteiger partial charge in [-0.2, -0.15) is 5.10 Å². The number of hydrogen-bond acceptors (Lipinski definition) is 7. The van der Waals surface area contributed by atoms with E-state index in [0.29, 0.717) is 24.0 Å². The third kappa shape index (κ3) is 4.34. The van der Waals surface area contributed by atoms with E-state index in [-0.39, 0.29) is 24.3 Å². The van der Waals surface area contributed by atoms with Gasteiger partial charge in [0.25, 0.3) is 0 Å². The molecule has 4 rings (SSSR count). The van der Waals surface area contributed by atoms with Crippen molar-refractivity contribution >= 4 is 17.7 Å². The minimum atomic E-state index is -0.193. The van der Waals surface area contributed by atoms with Crippen LogP contribution in [0.15, 0.2) is 18.5 Å². The van der Waals surface area contributed by atoms with Gasteiger partial charge in [-0.15, -0.1) is 0 Å². The van der Waals surface area contributed by atoms with Crippen LogP contribution in [0.4, 0.5) is 16.4 Å². The number of amides is 1. The smallest absolute Gasteiger partial charge is 0.410 e. The Morgan fingerprint density at radius 3 is 2.86 bits per heavy atom. The highest BCUT2D eigenvalue weighted by Crippen LogP contribution is 2.37. The monoisotopic (exact) mass is 400 g/mol. The Labute approximate surface area is 169 Å². The van der Waals surface area contributed by atoms with Gasteiger partial charge >= 0.3 is 6.09 Å². The number of anilines is 2. The number of aromatic amines is 1. The molecule has 1 aliphatic heterocycles. The van der Waals surface area contributed by atoms with Gasteiger partial charge in [0.1, 0.15) is 11.9 Å². The van der Waals surface area contributed by atoms with E-state index >= 15 is 0 Å². The first-order valence-corrected chi connectivity index (χ1v) is 10.2. The normalized spacial score (nSPS) is 22.9. The van der Waals surface area contributed by atoms with Gasteiger partial charge in [0.05, 0.1) is 18.1 Å². The molecule has 156 valence electrons. The lowest BCUT2D eigenvalue weighted by atomic mass is 9.90. The maximum absolute atomic E-state index is 12.4. The second-order valence-corrected chi connectivity index (χ2v) is 8.43. The number of H-pyrrole nitrogens is 1. The van der Waals surface area contributed by atoms with Gasteiger partial charge in [0, 0.05) is 42.8 Å². The van der Waals surface area contributed by atoms with Crippen molar-refractivity contribution in [2.45, 2.75) is 63.5 Å². The number of carbonyl (C=O) groups excluding carboxylic acids is 1. The number of nitrogens with zero attached hydrogens (tertiary/aromatic N) is 4. The molecule has 9 nitrogen and oxygen atoms in total. The lowest BCUT2D eigenvalue weighted by Gasteiger charge is -2.47. The molecule has 2 fully saturated rings. The van der Waals surface area contributed by atoms with Crippen molar-refractivity contribution in [3.63, 3.8) is 0 Å². The van der Waals surface area contributed by atoms with Crippen LogP contribution in [0, 0.1) is 0 Å². The summed E-state index contributed by atoms with van der Waals surface area (Å²) >= 11 is 0. The van der Waals surface area contributed by atoms with Gasteiger partial charge in [-0.1, -0.05) is 0 Å². The van der Waals surface area contributed by atoms with Gasteiger partial charge in [-0.05, 0) is 39.5 Å². The molecule has 9 heteroatoms. The quantitative estimate of drug-likeness (QED) is 0.683. The molecule has 0 spiro atoms. The first kappa shape index (κ1) is 19.6. The molecule has 1 amide bonds. The van der Waals surface area contributed by atoms with E-state index in [0.717, 1.165) is 43.6 Å². The van der Waals surface area contributed by atoms with Gasteiger partial charge < -0.3 is 20.1 Å². The summed E-state index contributed by atoms with van der Waals surface area (Å²) < 4.78 is 5.74. The van der Waals surface area contributed by atoms with Crippen LogP contribution < -0.4 is 5.32 Å². The third-order valence-corrected chi connectivity index (χ3v) is 5.92. The number of aliphatic hydroxyl groups excluding tert-OH is 1. The highest BCUT2D eigenvalue weighted by atomic mass is 16.6. The van der Waals surface area contributed by atoms with Crippen molar-refractivity contribution in [2.75, 3.05) is 18.5 Å². The fourth-order valence-corrected chi connectivity index (χ4v) is 3.95. The van der Waals surface area contributed by atoms with E-state index in [1.54, 1.807) is 12.4 Å². The van der Waals surface area contributed by atoms with E-state index < -0.39 is 0 Å². The van der Waals surface area contributed by atoms with Crippen LogP contribution in [-0.4, -0.2) is 61.1 Å². The number of likely N-dealkylation sites (tertiary alicyclic amines) is 1. The van der Waals surface area contributed by atoms with Crippen molar-refractivity contribution in [2.24, 2.45) is 0 Å². The molecule has 3 N–H and O–H groups in total. The fourth-order valence-electron chi connectivity index (χ4n) is 3.95. The molecular weight excluding hydrogens is 372 g/mol. The summed E-state index contributed by atoms with van der Waals surface area (Å²) in [6, 6.07) is 1.97. The van der Waals surface area contributed by atoms with Crippen LogP contribution in [0.5, 0.6) is 0 Å². The van der Waals surface area contributed by atoms with Crippen LogP contribution >= 0.6 is 0 Å². The first-order chi connectivity index (χ1) is 13.9. The fraction of sp³-hybridized carbons (Fsp3) is 0.600. The predicted octanol–water partition coefficient (Wildman–Crippen LogP) is 2.74. The average Bonchev–Trinajstić information content (AvgIpc) is 3.32. The highest BCUT2D eigenvalue weighted by Gasteiger charge is 2.41. The number of aromatic nitrogens is 4. The summed E-state index contributed by atoms with van der Waals surface area (Å²) in [5.74, 6) is 1.56. The lowest BCUT2D eigenvalue weighted by molar-refractivity contribution is -0.0101. The summed E-state index contributed by atoms with van der Waals surface area (Å²) in [5.41, 5.74) is 1.69. The van der Waals surface area contributed by atoms with Crippen LogP contribution in [0.25, 0.3) is 0 Å². The zero-order chi connectivity index (χ0) is 20.4. The largest absolute Gasteiger partial charge is 0.446 e. The molecule has 29 heavy (non-hydrogen) atoms. The van der Waals surface area contributed by atoms with E-state index in [1.807, 2.05) is 11.0 Å². The summed E-state index contributed by atoms with van der Waals surface area (Å²) in [6.07, 6.45) is 7.16. The number of rotatable bonds is 6. The zero-order valence-corrected chi connectivity index (χ0v) is 16.9. The number of nitrogens with one attached hydrogen (secondary N) is 2. The van der Waals surface area contributed by atoms with Gasteiger partial charge in [0.15, 0.2) is 5.82 Å². The number of aliphatic hydroxyl groups is 1. The molecule has 2 aliphatic rings. The van der Waals surface area contributed by atoms with Crippen LogP contribution in [0.2, 0.25) is 0 Å². The van der Waals surface area contributed by atoms with E-state index in [9.17, 15) is 4.79 Å². The summed E-state index contributed by atoms with van der Waals surface area (Å²) in [6.45, 7) is 4.97. The van der Waals surface area contributed by atoms with Crippen molar-refractivity contribution in [3.05, 3.63) is 29.8 Å². The second kappa shape index (κ2) is 7.98. The van der Waals surface area contributed by atoms with Crippen LogP contribution in [0.3, 0.4) is 0 Å². The number of ether oxygens (including phenoxy) is 1. The van der Waals surface area contributed by atoms with Crippen molar-refractivity contribution in [3.8, 4) is 0 Å². The molecule has 0 unspecified atom stereocenters. The molecule has 1 aliphatic carbocycles. The molecule has 2 atom stereocenters. The Bertz CT molecular complexity index is 850. The van der Waals surface area contributed by atoms with E-state index in [2.05, 4.69) is 39.3 Å². The molecule has 0 aromatic carbocycles. The SMILES string of the molecule is CC1(C)CCN1C(=O)O[C@@H]1CC[C@H](c2cc(Nc3cnc(CCO)cn3)n[nH]2)C1. The topological polar surface area (TPSA) is 116 Å².